The van der Waals surface area contributed by atoms with E-state index >= 15 is 0 Å². The SMILES string of the molecule is O=C(NC[C@H]1[C@H]2C[C@H](CN(C(=O)c3cnco3)C2)c2cccc(=O)n21)C1CCC1. The van der Waals surface area contributed by atoms with Crippen LogP contribution in [0.3, 0.4) is 0 Å². The Kier molecular flexibility index (Phi) is 4.49. The van der Waals surface area contributed by atoms with Gasteiger partial charge in [0, 0.05) is 43.2 Å². The van der Waals surface area contributed by atoms with E-state index in [1.165, 1.54) is 12.6 Å². The van der Waals surface area contributed by atoms with Gasteiger partial charge in [0.15, 0.2) is 6.39 Å². The van der Waals surface area contributed by atoms with Crippen LogP contribution >= 0.6 is 0 Å². The van der Waals surface area contributed by atoms with Gasteiger partial charge in [0.05, 0.1) is 12.2 Å². The average Bonchev–Trinajstić information content (AvgIpc) is 3.21. The van der Waals surface area contributed by atoms with E-state index in [1.54, 1.807) is 17.0 Å². The molecule has 2 fully saturated rings. The molecule has 4 heterocycles. The zero-order valence-electron chi connectivity index (χ0n) is 16.1. The van der Waals surface area contributed by atoms with Gasteiger partial charge in [0.1, 0.15) is 0 Å². The molecule has 0 aromatic carbocycles. The van der Waals surface area contributed by atoms with Gasteiger partial charge in [-0.1, -0.05) is 12.5 Å². The Balaban J connectivity index is 1.42. The smallest absolute Gasteiger partial charge is 0.291 e. The van der Waals surface area contributed by atoms with E-state index in [1.807, 2.05) is 10.6 Å². The highest BCUT2D eigenvalue weighted by atomic mass is 16.3. The summed E-state index contributed by atoms with van der Waals surface area (Å²) in [5, 5.41) is 3.07. The second-order valence-electron chi connectivity index (χ2n) is 8.37. The minimum atomic E-state index is -0.179. The molecule has 2 bridgehead atoms. The minimum Gasteiger partial charge on any atom is -0.438 e. The van der Waals surface area contributed by atoms with Crippen LogP contribution in [-0.4, -0.2) is 45.9 Å². The molecular formula is C21H24N4O4. The number of hydrogen-bond donors (Lipinski definition) is 1. The van der Waals surface area contributed by atoms with Gasteiger partial charge in [0.2, 0.25) is 11.7 Å². The van der Waals surface area contributed by atoms with Crippen LogP contribution in [0.5, 0.6) is 0 Å². The number of aromatic nitrogens is 2. The Morgan fingerprint density at radius 1 is 1.24 bits per heavy atom. The first-order valence-corrected chi connectivity index (χ1v) is 10.3. The van der Waals surface area contributed by atoms with Crippen molar-refractivity contribution in [2.24, 2.45) is 11.8 Å². The summed E-state index contributed by atoms with van der Waals surface area (Å²) in [6, 6.07) is 5.15. The van der Waals surface area contributed by atoms with Gasteiger partial charge in [-0.2, -0.15) is 0 Å². The fraction of sp³-hybridized carbons (Fsp3) is 0.524. The molecule has 1 aliphatic carbocycles. The Morgan fingerprint density at radius 3 is 2.83 bits per heavy atom. The number of rotatable bonds is 4. The van der Waals surface area contributed by atoms with E-state index < -0.39 is 0 Å². The first kappa shape index (κ1) is 18.1. The number of likely N-dealkylation sites (tertiary alicyclic amines) is 1. The van der Waals surface area contributed by atoms with Crippen molar-refractivity contribution < 1.29 is 14.0 Å². The zero-order valence-corrected chi connectivity index (χ0v) is 16.1. The van der Waals surface area contributed by atoms with Crippen LogP contribution in [0, 0.1) is 11.8 Å². The maximum Gasteiger partial charge on any atom is 0.291 e. The fourth-order valence-electron chi connectivity index (χ4n) is 4.97. The number of carbonyl (C=O) groups excluding carboxylic acids is 2. The summed E-state index contributed by atoms with van der Waals surface area (Å²) in [7, 11) is 0. The van der Waals surface area contributed by atoms with Gasteiger partial charge >= 0.3 is 0 Å². The van der Waals surface area contributed by atoms with Crippen LogP contribution in [0.4, 0.5) is 0 Å². The lowest BCUT2D eigenvalue weighted by atomic mass is 9.78. The Bertz CT molecular complexity index is 979. The molecule has 1 saturated heterocycles. The van der Waals surface area contributed by atoms with E-state index in [0.717, 1.165) is 31.4 Å². The predicted molar refractivity (Wildman–Crippen MR) is 103 cm³/mol. The lowest BCUT2D eigenvalue weighted by molar-refractivity contribution is -0.127. The number of piperidine rings is 1. The molecule has 152 valence electrons. The van der Waals surface area contributed by atoms with Crippen molar-refractivity contribution in [1.82, 2.24) is 19.8 Å². The van der Waals surface area contributed by atoms with E-state index in [0.29, 0.717) is 19.6 Å². The Morgan fingerprint density at radius 2 is 2.10 bits per heavy atom. The van der Waals surface area contributed by atoms with Crippen molar-refractivity contribution in [2.75, 3.05) is 19.6 Å². The third kappa shape index (κ3) is 3.16. The van der Waals surface area contributed by atoms with Gasteiger partial charge in [-0.05, 0) is 31.2 Å². The van der Waals surface area contributed by atoms with Crippen LogP contribution in [0.1, 0.15) is 53.9 Å². The van der Waals surface area contributed by atoms with Crippen molar-refractivity contribution in [3.8, 4) is 0 Å². The van der Waals surface area contributed by atoms with Crippen molar-refractivity contribution in [3.63, 3.8) is 0 Å². The Labute approximate surface area is 167 Å². The highest BCUT2D eigenvalue weighted by molar-refractivity contribution is 5.91. The topological polar surface area (TPSA) is 97.4 Å². The maximum atomic E-state index is 12.8. The summed E-state index contributed by atoms with van der Waals surface area (Å²) >= 11 is 0. The molecule has 8 nitrogen and oxygen atoms in total. The van der Waals surface area contributed by atoms with Gasteiger partial charge in [-0.15, -0.1) is 0 Å². The van der Waals surface area contributed by atoms with E-state index in [2.05, 4.69) is 10.3 Å². The summed E-state index contributed by atoms with van der Waals surface area (Å²) in [5.41, 5.74) is 0.891. The summed E-state index contributed by atoms with van der Waals surface area (Å²) in [5.74, 6) is 0.415. The molecule has 2 aromatic rings. The number of nitrogens with one attached hydrogen (secondary N) is 1. The number of pyridine rings is 1. The molecule has 3 atom stereocenters. The lowest BCUT2D eigenvalue weighted by Crippen LogP contribution is -2.53. The van der Waals surface area contributed by atoms with E-state index in [4.69, 9.17) is 4.42 Å². The third-order valence-corrected chi connectivity index (χ3v) is 6.69. The van der Waals surface area contributed by atoms with Crippen LogP contribution in [0.15, 0.2) is 40.0 Å². The van der Waals surface area contributed by atoms with Gasteiger partial charge in [-0.3, -0.25) is 14.4 Å². The first-order chi connectivity index (χ1) is 14.1. The van der Waals surface area contributed by atoms with E-state index in [-0.39, 0.29) is 46.9 Å². The third-order valence-electron chi connectivity index (χ3n) is 6.69. The normalized spacial score (nSPS) is 25.8. The van der Waals surface area contributed by atoms with Crippen molar-refractivity contribution in [3.05, 3.63) is 52.6 Å². The largest absolute Gasteiger partial charge is 0.438 e. The zero-order chi connectivity index (χ0) is 20.0. The van der Waals surface area contributed by atoms with Crippen molar-refractivity contribution >= 4 is 11.8 Å². The molecule has 3 aliphatic rings. The van der Waals surface area contributed by atoms with Crippen LogP contribution in [0.25, 0.3) is 0 Å². The van der Waals surface area contributed by atoms with Crippen LogP contribution in [-0.2, 0) is 4.79 Å². The summed E-state index contributed by atoms with van der Waals surface area (Å²) in [6.07, 6.45) is 6.57. The molecule has 8 heteroatoms. The molecule has 2 amide bonds. The Hall–Kier alpha value is -2.90. The summed E-state index contributed by atoms with van der Waals surface area (Å²) < 4.78 is 7.04. The molecule has 0 spiro atoms. The summed E-state index contributed by atoms with van der Waals surface area (Å²) in [6.45, 7) is 1.48. The molecule has 1 saturated carbocycles. The number of carbonyl (C=O) groups is 2. The van der Waals surface area contributed by atoms with Gasteiger partial charge in [0.25, 0.3) is 11.5 Å². The van der Waals surface area contributed by atoms with Gasteiger partial charge in [-0.25, -0.2) is 4.98 Å². The van der Waals surface area contributed by atoms with E-state index in [9.17, 15) is 14.4 Å². The molecule has 0 radical (unpaired) electrons. The standard InChI is InChI=1S/C21H24N4O4/c26-19-6-2-5-16-14-7-15(11-24(10-14)21(28)18-9-22-12-29-18)17(25(16)19)8-23-20(27)13-3-1-4-13/h2,5-6,9,12-15,17H,1,3-4,7-8,10-11H2,(H,23,27)/t14-,15+,17+/m1/s1. The molecule has 1 N–H and O–H groups in total. The molecule has 5 rings (SSSR count). The highest BCUT2D eigenvalue weighted by Gasteiger charge is 2.42. The first-order valence-electron chi connectivity index (χ1n) is 10.3. The minimum absolute atomic E-state index is 0.0462. The van der Waals surface area contributed by atoms with Crippen molar-refractivity contribution in [1.29, 1.82) is 0 Å². The van der Waals surface area contributed by atoms with Crippen LogP contribution < -0.4 is 10.9 Å². The molecule has 0 unspecified atom stereocenters. The average molecular weight is 396 g/mol. The number of hydrogen-bond acceptors (Lipinski definition) is 5. The second-order valence-corrected chi connectivity index (χ2v) is 8.37. The molecule has 29 heavy (non-hydrogen) atoms. The van der Waals surface area contributed by atoms with Crippen molar-refractivity contribution in [2.45, 2.75) is 37.6 Å². The second kappa shape index (κ2) is 7.17. The fourth-order valence-corrected chi connectivity index (χ4v) is 4.97. The predicted octanol–water partition coefficient (Wildman–Crippen LogP) is 1.55. The number of fused-ring (bicyclic) bond motifs is 4. The molecule has 2 aliphatic heterocycles. The number of oxazole rings is 1. The maximum absolute atomic E-state index is 12.8. The molecule has 2 aromatic heterocycles. The lowest BCUT2D eigenvalue weighted by Gasteiger charge is -2.46. The number of amides is 2. The quantitative estimate of drug-likeness (QED) is 0.846. The van der Waals surface area contributed by atoms with Crippen LogP contribution in [0.2, 0.25) is 0 Å². The monoisotopic (exact) mass is 396 g/mol. The number of nitrogens with zero attached hydrogens (tertiary/aromatic N) is 3. The molecular weight excluding hydrogens is 372 g/mol. The van der Waals surface area contributed by atoms with Gasteiger partial charge < -0.3 is 19.2 Å². The summed E-state index contributed by atoms with van der Waals surface area (Å²) in [4.78, 5) is 43.6. The highest BCUT2D eigenvalue weighted by Crippen LogP contribution is 2.41.